The van der Waals surface area contributed by atoms with E-state index in [0.717, 1.165) is 6.42 Å². The first-order chi connectivity index (χ1) is 12.5. The van der Waals surface area contributed by atoms with E-state index in [2.05, 4.69) is 59.5 Å². The Labute approximate surface area is 166 Å². The maximum absolute atomic E-state index is 6.33. The van der Waals surface area contributed by atoms with E-state index in [9.17, 15) is 0 Å². The molecule has 1 atom stereocenters. The highest BCUT2D eigenvalue weighted by Gasteiger charge is 2.49. The molecule has 0 aliphatic carbocycles. The lowest BCUT2D eigenvalue weighted by Gasteiger charge is -2.50. The summed E-state index contributed by atoms with van der Waals surface area (Å²) >= 11 is 0. The fourth-order valence-electron chi connectivity index (χ4n) is 2.66. The zero-order chi connectivity index (χ0) is 20.2. The highest BCUT2D eigenvalue weighted by Crippen LogP contribution is 2.40. The van der Waals surface area contributed by atoms with Crippen molar-refractivity contribution in [1.82, 2.24) is 0 Å². The SMILES string of the molecule is C=CCO[C@H](C/C=C\CC12OCC(C)(CO1)CO2)CO[Si](C)(C)C(C)(C)C. The second kappa shape index (κ2) is 8.89. The van der Waals surface area contributed by atoms with Crippen LogP contribution in [0.5, 0.6) is 0 Å². The fraction of sp³-hybridized carbons (Fsp3) is 0.810. The first-order valence-corrected chi connectivity index (χ1v) is 12.9. The van der Waals surface area contributed by atoms with Crippen LogP contribution in [0.3, 0.4) is 0 Å². The predicted molar refractivity (Wildman–Crippen MR) is 110 cm³/mol. The molecule has 0 amide bonds. The van der Waals surface area contributed by atoms with Crippen LogP contribution in [0.15, 0.2) is 24.8 Å². The lowest BCUT2D eigenvalue weighted by Crippen LogP contribution is -2.58. The Balaban J connectivity index is 1.83. The van der Waals surface area contributed by atoms with Gasteiger partial charge in [0.25, 0.3) is 5.97 Å². The lowest BCUT2D eigenvalue weighted by molar-refractivity contribution is -0.463. The molecule has 0 aromatic rings. The van der Waals surface area contributed by atoms with Gasteiger partial charge < -0.3 is 23.4 Å². The molecule has 3 aliphatic rings. The van der Waals surface area contributed by atoms with Gasteiger partial charge in [-0.05, 0) is 24.6 Å². The average Bonchev–Trinajstić information content (AvgIpc) is 2.60. The summed E-state index contributed by atoms with van der Waals surface area (Å²) in [5, 5.41) is 0.188. The number of ether oxygens (including phenoxy) is 4. The van der Waals surface area contributed by atoms with Crippen molar-refractivity contribution < 1.29 is 23.4 Å². The van der Waals surface area contributed by atoms with Crippen molar-refractivity contribution in [2.75, 3.05) is 33.0 Å². The molecule has 3 fully saturated rings. The van der Waals surface area contributed by atoms with Gasteiger partial charge in [-0.15, -0.1) is 6.58 Å². The van der Waals surface area contributed by atoms with E-state index in [1.165, 1.54) is 0 Å². The van der Waals surface area contributed by atoms with Crippen LogP contribution >= 0.6 is 0 Å². The van der Waals surface area contributed by atoms with Gasteiger partial charge in [0.1, 0.15) is 0 Å². The maximum atomic E-state index is 6.33. The Kier molecular flexibility index (Phi) is 7.50. The third kappa shape index (κ3) is 6.24. The summed E-state index contributed by atoms with van der Waals surface area (Å²) in [5.41, 5.74) is -0.00380. The highest BCUT2D eigenvalue weighted by atomic mass is 28.4. The summed E-state index contributed by atoms with van der Waals surface area (Å²) in [6.45, 7) is 20.3. The van der Waals surface area contributed by atoms with E-state index in [1.807, 2.05) is 0 Å². The minimum atomic E-state index is -1.79. The number of hydrogen-bond acceptors (Lipinski definition) is 5. The second-order valence-corrected chi connectivity index (χ2v) is 14.4. The molecule has 0 saturated carbocycles. The van der Waals surface area contributed by atoms with Gasteiger partial charge in [0.15, 0.2) is 8.32 Å². The molecule has 0 aromatic heterocycles. The lowest BCUT2D eigenvalue weighted by atomic mass is 9.91. The van der Waals surface area contributed by atoms with Gasteiger partial charge in [0.05, 0.1) is 39.1 Å². The summed E-state index contributed by atoms with van der Waals surface area (Å²) in [6, 6.07) is 0. The van der Waals surface area contributed by atoms with E-state index in [4.69, 9.17) is 23.4 Å². The summed E-state index contributed by atoms with van der Waals surface area (Å²) < 4.78 is 29.7. The van der Waals surface area contributed by atoms with Crippen LogP contribution in [-0.4, -0.2) is 53.4 Å². The third-order valence-electron chi connectivity index (χ3n) is 5.74. The molecule has 3 heterocycles. The number of rotatable bonds is 10. The van der Waals surface area contributed by atoms with Gasteiger partial charge in [-0.3, -0.25) is 0 Å². The van der Waals surface area contributed by atoms with Crippen molar-refractivity contribution in [2.45, 2.75) is 70.7 Å². The Morgan fingerprint density at radius 2 is 1.70 bits per heavy atom. The second-order valence-electron chi connectivity index (χ2n) is 9.59. The van der Waals surface area contributed by atoms with E-state index >= 15 is 0 Å². The monoisotopic (exact) mass is 398 g/mol. The largest absolute Gasteiger partial charge is 0.414 e. The van der Waals surface area contributed by atoms with Crippen LogP contribution in [0.1, 0.15) is 40.5 Å². The summed E-state index contributed by atoms with van der Waals surface area (Å²) in [4.78, 5) is 0. The number of hydrogen-bond donors (Lipinski definition) is 0. The van der Waals surface area contributed by atoms with Gasteiger partial charge in [-0.1, -0.05) is 45.9 Å². The first kappa shape index (κ1) is 22.8. The molecule has 27 heavy (non-hydrogen) atoms. The first-order valence-electron chi connectivity index (χ1n) is 9.94. The summed E-state index contributed by atoms with van der Waals surface area (Å²) in [5.74, 6) is -0.899. The fourth-order valence-corrected chi connectivity index (χ4v) is 3.70. The molecule has 2 bridgehead atoms. The molecule has 0 aromatic carbocycles. The topological polar surface area (TPSA) is 46.2 Å². The van der Waals surface area contributed by atoms with Crippen LogP contribution in [0.2, 0.25) is 18.1 Å². The molecule has 3 aliphatic heterocycles. The Morgan fingerprint density at radius 1 is 1.11 bits per heavy atom. The Bertz CT molecular complexity index is 499. The smallest absolute Gasteiger partial charge is 0.286 e. The van der Waals surface area contributed by atoms with Crippen molar-refractivity contribution in [3.8, 4) is 0 Å². The van der Waals surface area contributed by atoms with Crippen LogP contribution in [0, 0.1) is 5.41 Å². The average molecular weight is 399 g/mol. The Hall–Kier alpha value is -0.503. The predicted octanol–water partition coefficient (Wildman–Crippen LogP) is 4.65. The molecule has 5 nitrogen and oxygen atoms in total. The van der Waals surface area contributed by atoms with Crippen molar-refractivity contribution in [3.63, 3.8) is 0 Å². The van der Waals surface area contributed by atoms with E-state index in [1.54, 1.807) is 6.08 Å². The van der Waals surface area contributed by atoms with Gasteiger partial charge in [0.2, 0.25) is 0 Å². The molecule has 0 unspecified atom stereocenters. The number of fused-ring (bicyclic) bond motifs is 3. The van der Waals surface area contributed by atoms with E-state index < -0.39 is 14.3 Å². The molecule has 0 spiro atoms. The minimum absolute atomic E-state index is 0.00380. The van der Waals surface area contributed by atoms with Crippen LogP contribution in [0.4, 0.5) is 0 Å². The third-order valence-corrected chi connectivity index (χ3v) is 10.2. The van der Waals surface area contributed by atoms with Gasteiger partial charge >= 0.3 is 0 Å². The van der Waals surface area contributed by atoms with E-state index in [0.29, 0.717) is 39.5 Å². The van der Waals surface area contributed by atoms with Gasteiger partial charge in [-0.2, -0.15) is 0 Å². The zero-order valence-corrected chi connectivity index (χ0v) is 19.0. The molecule has 0 N–H and O–H groups in total. The highest BCUT2D eigenvalue weighted by molar-refractivity contribution is 6.74. The maximum Gasteiger partial charge on any atom is 0.286 e. The molecular weight excluding hydrogens is 360 g/mol. The normalized spacial score (nSPS) is 30.0. The van der Waals surface area contributed by atoms with Crippen LogP contribution in [0.25, 0.3) is 0 Å². The van der Waals surface area contributed by atoms with Crippen molar-refractivity contribution >= 4 is 8.32 Å². The molecular formula is C21H38O5Si. The van der Waals surface area contributed by atoms with Crippen molar-refractivity contribution in [2.24, 2.45) is 5.41 Å². The molecule has 3 rings (SSSR count). The Morgan fingerprint density at radius 3 is 2.22 bits per heavy atom. The van der Waals surface area contributed by atoms with Crippen molar-refractivity contribution in [1.29, 1.82) is 0 Å². The van der Waals surface area contributed by atoms with Gasteiger partial charge in [0, 0.05) is 11.8 Å². The van der Waals surface area contributed by atoms with E-state index in [-0.39, 0.29) is 16.6 Å². The standard InChI is InChI=1S/C21H38O5Si/c1-8-13-22-18(14-26-27(6,7)19(2,3)4)11-9-10-12-21-23-15-20(5,16-24-21)17-25-21/h8-10,18H,1,11-17H2,2-7H3/b10-9-/t18-,20?,21?/m1/s1. The molecule has 0 radical (unpaired) electrons. The van der Waals surface area contributed by atoms with Crippen LogP contribution in [-0.2, 0) is 23.4 Å². The van der Waals surface area contributed by atoms with Crippen LogP contribution < -0.4 is 0 Å². The molecule has 6 heteroatoms. The molecule has 156 valence electrons. The van der Waals surface area contributed by atoms with Crippen molar-refractivity contribution in [3.05, 3.63) is 24.8 Å². The zero-order valence-electron chi connectivity index (χ0n) is 18.0. The molecule has 3 saturated heterocycles. The quantitative estimate of drug-likeness (QED) is 0.396. The van der Waals surface area contributed by atoms with Gasteiger partial charge in [-0.25, -0.2) is 0 Å². The summed E-state index contributed by atoms with van der Waals surface area (Å²) in [7, 11) is -1.79. The minimum Gasteiger partial charge on any atom is -0.414 e. The summed E-state index contributed by atoms with van der Waals surface area (Å²) in [6.07, 6.45) is 7.31.